The fourth-order valence-electron chi connectivity index (χ4n) is 4.65. The lowest BCUT2D eigenvalue weighted by Gasteiger charge is -2.37. The molecular formula is C28H26ClN3O4. The predicted molar refractivity (Wildman–Crippen MR) is 140 cm³/mol. The van der Waals surface area contributed by atoms with Gasteiger partial charge in [-0.15, -0.1) is 0 Å². The third kappa shape index (κ3) is 4.66. The Labute approximate surface area is 214 Å². The van der Waals surface area contributed by atoms with Gasteiger partial charge in [0.05, 0.1) is 24.8 Å². The second kappa shape index (κ2) is 10.0. The van der Waals surface area contributed by atoms with E-state index in [1.807, 2.05) is 36.4 Å². The summed E-state index contributed by atoms with van der Waals surface area (Å²) < 4.78 is 5.34. The van der Waals surface area contributed by atoms with E-state index in [4.69, 9.17) is 16.3 Å². The topological polar surface area (TPSA) is 70.2 Å². The van der Waals surface area contributed by atoms with Gasteiger partial charge in [0.1, 0.15) is 12.4 Å². The summed E-state index contributed by atoms with van der Waals surface area (Å²) in [5, 5.41) is 0.605. The normalized spacial score (nSPS) is 15.7. The Kier molecular flexibility index (Phi) is 6.65. The standard InChI is InChI=1S/C28H26ClN3O4/c1-36-23-13-14-25-24(17-23)28(35)31(18-32(25)27(34)16-19-5-7-20(29)8-6-19)22-11-9-21(10-12-22)30-15-3-2-4-26(30)33/h5-14,17H,2-4,15-16,18H2,1H3. The molecule has 0 saturated carbocycles. The Balaban J connectivity index is 1.46. The van der Waals surface area contributed by atoms with Crippen molar-refractivity contribution < 1.29 is 19.1 Å². The first-order valence-electron chi connectivity index (χ1n) is 11.9. The van der Waals surface area contributed by atoms with E-state index < -0.39 is 0 Å². The Morgan fingerprint density at radius 1 is 0.917 bits per heavy atom. The molecule has 0 atom stereocenters. The molecule has 0 bridgehead atoms. The van der Waals surface area contributed by atoms with E-state index in [1.165, 1.54) is 7.11 Å². The van der Waals surface area contributed by atoms with Crippen molar-refractivity contribution in [1.82, 2.24) is 0 Å². The van der Waals surface area contributed by atoms with Crippen molar-refractivity contribution in [2.75, 3.05) is 35.0 Å². The first kappa shape index (κ1) is 23.9. The summed E-state index contributed by atoms with van der Waals surface area (Å²) in [6.07, 6.45) is 2.61. The van der Waals surface area contributed by atoms with Crippen LogP contribution in [-0.4, -0.2) is 38.0 Å². The van der Waals surface area contributed by atoms with Gasteiger partial charge in [0.15, 0.2) is 0 Å². The molecule has 2 heterocycles. The molecule has 3 aromatic carbocycles. The molecule has 0 spiro atoms. The summed E-state index contributed by atoms with van der Waals surface area (Å²) in [7, 11) is 1.54. The number of carbonyl (C=O) groups is 3. The quantitative estimate of drug-likeness (QED) is 0.488. The molecule has 0 aliphatic carbocycles. The van der Waals surface area contributed by atoms with Crippen LogP contribution < -0.4 is 19.4 Å². The average molecular weight is 504 g/mol. The van der Waals surface area contributed by atoms with Crippen molar-refractivity contribution in [3.8, 4) is 5.75 Å². The molecule has 8 heteroatoms. The smallest absolute Gasteiger partial charge is 0.262 e. The van der Waals surface area contributed by atoms with E-state index in [2.05, 4.69) is 0 Å². The maximum atomic E-state index is 13.5. The molecule has 3 amide bonds. The summed E-state index contributed by atoms with van der Waals surface area (Å²) in [4.78, 5) is 44.3. The maximum absolute atomic E-state index is 13.5. The van der Waals surface area contributed by atoms with Gasteiger partial charge in [-0.25, -0.2) is 0 Å². The molecule has 0 unspecified atom stereocenters. The van der Waals surface area contributed by atoms with E-state index in [1.54, 1.807) is 45.0 Å². The van der Waals surface area contributed by atoms with Crippen LogP contribution in [0.1, 0.15) is 35.2 Å². The number of ether oxygens (including phenoxy) is 1. The summed E-state index contributed by atoms with van der Waals surface area (Å²) in [5.74, 6) is 0.286. The molecule has 7 nitrogen and oxygen atoms in total. The minimum absolute atomic E-state index is 0.0760. The van der Waals surface area contributed by atoms with Gasteiger partial charge in [0, 0.05) is 29.4 Å². The average Bonchev–Trinajstić information content (AvgIpc) is 2.90. The number of halogens is 1. The summed E-state index contributed by atoms with van der Waals surface area (Å²) >= 11 is 5.99. The van der Waals surface area contributed by atoms with E-state index in [-0.39, 0.29) is 30.8 Å². The molecule has 2 aliphatic heterocycles. The number of fused-ring (bicyclic) bond motifs is 1. The Bertz CT molecular complexity index is 1310. The van der Waals surface area contributed by atoms with Gasteiger partial charge in [-0.05, 0) is 73.0 Å². The minimum Gasteiger partial charge on any atom is -0.497 e. The molecule has 3 aromatic rings. The Hall–Kier alpha value is -3.84. The van der Waals surface area contributed by atoms with E-state index >= 15 is 0 Å². The first-order valence-corrected chi connectivity index (χ1v) is 12.3. The highest BCUT2D eigenvalue weighted by atomic mass is 35.5. The van der Waals surface area contributed by atoms with E-state index in [0.717, 1.165) is 24.1 Å². The maximum Gasteiger partial charge on any atom is 0.262 e. The number of nitrogens with zero attached hydrogens (tertiary/aromatic N) is 3. The highest BCUT2D eigenvalue weighted by Gasteiger charge is 2.34. The summed E-state index contributed by atoms with van der Waals surface area (Å²) in [6, 6.07) is 19.7. The van der Waals surface area contributed by atoms with Crippen LogP contribution in [-0.2, 0) is 16.0 Å². The largest absolute Gasteiger partial charge is 0.497 e. The van der Waals surface area contributed by atoms with Crippen LogP contribution in [0.15, 0.2) is 66.7 Å². The van der Waals surface area contributed by atoms with Crippen LogP contribution in [0.2, 0.25) is 5.02 Å². The second-order valence-electron chi connectivity index (χ2n) is 8.90. The fourth-order valence-corrected chi connectivity index (χ4v) is 4.78. The third-order valence-corrected chi connectivity index (χ3v) is 6.87. The number of anilines is 3. The van der Waals surface area contributed by atoms with Crippen molar-refractivity contribution >= 4 is 46.4 Å². The van der Waals surface area contributed by atoms with Gasteiger partial charge in [0.2, 0.25) is 11.8 Å². The summed E-state index contributed by atoms with van der Waals surface area (Å²) in [6.45, 7) is 0.771. The Morgan fingerprint density at radius 3 is 2.28 bits per heavy atom. The zero-order chi connectivity index (χ0) is 25.2. The number of hydrogen-bond donors (Lipinski definition) is 0. The molecule has 1 saturated heterocycles. The number of amides is 3. The summed E-state index contributed by atoms with van der Waals surface area (Å²) in [5.41, 5.74) is 3.22. The molecular weight excluding hydrogens is 478 g/mol. The van der Waals surface area contributed by atoms with Crippen LogP contribution in [0.25, 0.3) is 0 Å². The fraction of sp³-hybridized carbons (Fsp3) is 0.250. The van der Waals surface area contributed by atoms with Crippen molar-refractivity contribution in [3.05, 3.63) is 82.9 Å². The molecule has 2 aliphatic rings. The van der Waals surface area contributed by atoms with E-state index in [0.29, 0.717) is 40.7 Å². The van der Waals surface area contributed by atoms with Gasteiger partial charge in [-0.1, -0.05) is 23.7 Å². The molecule has 0 N–H and O–H groups in total. The van der Waals surface area contributed by atoms with Gasteiger partial charge in [-0.3, -0.25) is 24.2 Å². The lowest BCUT2D eigenvalue weighted by Crippen LogP contribution is -2.50. The predicted octanol–water partition coefficient (Wildman–Crippen LogP) is 5.06. The lowest BCUT2D eigenvalue weighted by atomic mass is 10.0. The van der Waals surface area contributed by atoms with Crippen LogP contribution in [0.4, 0.5) is 17.1 Å². The third-order valence-electron chi connectivity index (χ3n) is 6.62. The first-order chi connectivity index (χ1) is 17.4. The van der Waals surface area contributed by atoms with Crippen molar-refractivity contribution in [2.45, 2.75) is 25.7 Å². The van der Waals surface area contributed by atoms with Crippen molar-refractivity contribution in [3.63, 3.8) is 0 Å². The van der Waals surface area contributed by atoms with E-state index in [9.17, 15) is 14.4 Å². The van der Waals surface area contributed by atoms with Gasteiger partial charge < -0.3 is 9.64 Å². The number of methoxy groups -OCH3 is 1. The lowest BCUT2D eigenvalue weighted by molar-refractivity contribution is -0.119. The highest BCUT2D eigenvalue weighted by Crippen LogP contribution is 2.34. The van der Waals surface area contributed by atoms with Crippen LogP contribution in [0.5, 0.6) is 5.75 Å². The number of benzene rings is 3. The molecule has 0 aromatic heterocycles. The number of hydrogen-bond acceptors (Lipinski definition) is 4. The molecule has 0 radical (unpaired) electrons. The number of piperidine rings is 1. The van der Waals surface area contributed by atoms with Crippen LogP contribution >= 0.6 is 11.6 Å². The van der Waals surface area contributed by atoms with Crippen LogP contribution in [0, 0.1) is 0 Å². The minimum atomic E-state index is -0.221. The zero-order valence-corrected chi connectivity index (χ0v) is 20.7. The van der Waals surface area contributed by atoms with Crippen molar-refractivity contribution in [2.24, 2.45) is 0 Å². The van der Waals surface area contributed by atoms with Gasteiger partial charge in [0.25, 0.3) is 5.91 Å². The Morgan fingerprint density at radius 2 is 1.61 bits per heavy atom. The molecule has 5 rings (SSSR count). The molecule has 184 valence electrons. The van der Waals surface area contributed by atoms with Gasteiger partial charge in [-0.2, -0.15) is 0 Å². The zero-order valence-electron chi connectivity index (χ0n) is 19.9. The van der Waals surface area contributed by atoms with Crippen LogP contribution in [0.3, 0.4) is 0 Å². The highest BCUT2D eigenvalue weighted by molar-refractivity contribution is 6.30. The SMILES string of the molecule is COc1ccc2c(c1)C(=O)N(c1ccc(N3CCCCC3=O)cc1)CN2C(=O)Cc1ccc(Cl)cc1. The second-order valence-corrected chi connectivity index (χ2v) is 9.34. The van der Waals surface area contributed by atoms with Crippen molar-refractivity contribution in [1.29, 1.82) is 0 Å². The number of carbonyl (C=O) groups excluding carboxylic acids is 3. The number of rotatable bonds is 5. The van der Waals surface area contributed by atoms with Gasteiger partial charge >= 0.3 is 0 Å². The molecule has 1 fully saturated rings. The molecule has 36 heavy (non-hydrogen) atoms. The monoisotopic (exact) mass is 503 g/mol.